The van der Waals surface area contributed by atoms with Gasteiger partial charge >= 0.3 is 5.97 Å². The summed E-state index contributed by atoms with van der Waals surface area (Å²) >= 11 is 0. The fraction of sp³-hybridized carbons (Fsp3) is 0.562. The number of carbonyl (C=O) groups is 1. The second kappa shape index (κ2) is 5.94. The molecule has 2 aliphatic rings. The van der Waals surface area contributed by atoms with Crippen molar-refractivity contribution in [3.05, 3.63) is 33.2 Å². The Kier molecular flexibility index (Phi) is 4.00. The van der Waals surface area contributed by atoms with E-state index in [4.69, 9.17) is 4.74 Å². The van der Waals surface area contributed by atoms with Crippen molar-refractivity contribution in [3.8, 4) is 0 Å². The highest BCUT2D eigenvalue weighted by molar-refractivity contribution is 5.94. The third kappa shape index (κ3) is 2.42. The predicted octanol–water partition coefficient (Wildman–Crippen LogP) is 1.75. The molecule has 1 N–H and O–H groups in total. The zero-order valence-electron chi connectivity index (χ0n) is 12.7. The first kappa shape index (κ1) is 14.8. The molecule has 0 bridgehead atoms. The van der Waals surface area contributed by atoms with Crippen LogP contribution in [0.4, 0.5) is 0 Å². The number of ether oxygens (including phenoxy) is 1. The summed E-state index contributed by atoms with van der Waals surface area (Å²) in [5, 5.41) is 10.2. The Balaban J connectivity index is 2.14. The molecule has 0 atom stereocenters. The second-order valence-corrected chi connectivity index (χ2v) is 5.68. The van der Waals surface area contributed by atoms with Gasteiger partial charge in [0.25, 0.3) is 5.56 Å². The van der Waals surface area contributed by atoms with Gasteiger partial charge in [-0.05, 0) is 45.4 Å². The van der Waals surface area contributed by atoms with E-state index >= 15 is 0 Å². The average Bonchev–Trinajstić information content (AvgIpc) is 2.54. The highest BCUT2D eigenvalue weighted by Gasteiger charge is 2.27. The van der Waals surface area contributed by atoms with E-state index in [0.717, 1.165) is 36.9 Å². The van der Waals surface area contributed by atoms with Crippen molar-refractivity contribution in [2.75, 3.05) is 6.61 Å². The quantitative estimate of drug-likeness (QED) is 0.511. The molecule has 118 valence electrons. The van der Waals surface area contributed by atoms with Gasteiger partial charge in [-0.25, -0.2) is 9.78 Å². The number of fused-ring (bicyclic) bond motifs is 2. The summed E-state index contributed by atoms with van der Waals surface area (Å²) in [7, 11) is 0. The topological polar surface area (TPSA) is 81.4 Å². The number of rotatable bonds is 2. The molecule has 0 saturated carbocycles. The lowest BCUT2D eigenvalue weighted by Gasteiger charge is -2.24. The summed E-state index contributed by atoms with van der Waals surface area (Å²) in [6, 6.07) is 0. The molecule has 3 rings (SSSR count). The molecule has 0 aromatic carbocycles. The molecule has 2 heterocycles. The van der Waals surface area contributed by atoms with Gasteiger partial charge in [0.05, 0.1) is 12.3 Å². The molecule has 0 radical (unpaired) electrons. The number of aliphatic hydroxyl groups excluding tert-OH is 1. The van der Waals surface area contributed by atoms with Gasteiger partial charge in [0.2, 0.25) is 5.76 Å². The van der Waals surface area contributed by atoms with Crippen molar-refractivity contribution >= 4 is 11.5 Å². The van der Waals surface area contributed by atoms with E-state index in [-0.39, 0.29) is 12.2 Å². The molecule has 6 nitrogen and oxygen atoms in total. The van der Waals surface area contributed by atoms with Gasteiger partial charge in [0.15, 0.2) is 0 Å². The average molecular weight is 304 g/mol. The number of carbonyl (C=O) groups excluding carboxylic acids is 1. The van der Waals surface area contributed by atoms with Crippen LogP contribution in [0.3, 0.4) is 0 Å². The van der Waals surface area contributed by atoms with Crippen molar-refractivity contribution in [1.29, 1.82) is 0 Å². The monoisotopic (exact) mass is 304 g/mol. The highest BCUT2D eigenvalue weighted by atomic mass is 16.5. The number of esters is 1. The molecule has 0 unspecified atom stereocenters. The number of hydrogen-bond donors (Lipinski definition) is 1. The zero-order valence-corrected chi connectivity index (χ0v) is 12.7. The molecule has 1 aliphatic carbocycles. The van der Waals surface area contributed by atoms with Crippen LogP contribution in [-0.2, 0) is 28.9 Å². The van der Waals surface area contributed by atoms with Crippen molar-refractivity contribution in [1.82, 2.24) is 9.55 Å². The third-order valence-corrected chi connectivity index (χ3v) is 4.27. The smallest absolute Gasteiger partial charge is 0.373 e. The predicted molar refractivity (Wildman–Crippen MR) is 80.6 cm³/mol. The lowest BCUT2D eigenvalue weighted by molar-refractivity contribution is -0.141. The summed E-state index contributed by atoms with van der Waals surface area (Å²) in [5.74, 6) is -0.738. The van der Waals surface area contributed by atoms with E-state index in [2.05, 4.69) is 4.98 Å². The molecule has 0 saturated heterocycles. The lowest BCUT2D eigenvalue weighted by Crippen LogP contribution is -2.34. The maximum Gasteiger partial charge on any atom is 0.373 e. The normalized spacial score (nSPS) is 19.1. The summed E-state index contributed by atoms with van der Waals surface area (Å²) < 4.78 is 6.45. The molecular weight excluding hydrogens is 284 g/mol. The van der Waals surface area contributed by atoms with Crippen molar-refractivity contribution in [3.63, 3.8) is 0 Å². The molecule has 6 heteroatoms. The minimum absolute atomic E-state index is 0.0199. The Morgan fingerprint density at radius 3 is 2.82 bits per heavy atom. The zero-order chi connectivity index (χ0) is 15.7. The third-order valence-electron chi connectivity index (χ3n) is 4.27. The van der Waals surface area contributed by atoms with Gasteiger partial charge in [-0.1, -0.05) is 0 Å². The van der Waals surface area contributed by atoms with Crippen molar-refractivity contribution < 1.29 is 14.6 Å². The minimum atomic E-state index is -0.752. The van der Waals surface area contributed by atoms with Crippen LogP contribution in [0.5, 0.6) is 0 Å². The summed E-state index contributed by atoms with van der Waals surface area (Å²) in [4.78, 5) is 29.0. The molecule has 22 heavy (non-hydrogen) atoms. The standard InChI is InChI=1S/C16H20N2O4/c1-2-22-16(21)13(19)11-7-5-9-18-14(11)17-12-8-4-3-6-10(12)15(18)20/h19H,2-9H2,1H3/b13-11-. The highest BCUT2D eigenvalue weighted by Crippen LogP contribution is 2.28. The fourth-order valence-electron chi connectivity index (χ4n) is 3.20. The van der Waals surface area contributed by atoms with E-state index in [1.807, 2.05) is 0 Å². The van der Waals surface area contributed by atoms with E-state index in [1.165, 1.54) is 0 Å². The fourth-order valence-corrected chi connectivity index (χ4v) is 3.20. The van der Waals surface area contributed by atoms with Crippen LogP contribution in [0.1, 0.15) is 49.7 Å². The van der Waals surface area contributed by atoms with Gasteiger partial charge in [-0.2, -0.15) is 0 Å². The first-order valence-corrected chi connectivity index (χ1v) is 7.85. The Bertz CT molecular complexity index is 703. The molecule has 0 spiro atoms. The second-order valence-electron chi connectivity index (χ2n) is 5.68. The van der Waals surface area contributed by atoms with Crippen molar-refractivity contribution in [2.24, 2.45) is 0 Å². The largest absolute Gasteiger partial charge is 0.502 e. The summed E-state index contributed by atoms with van der Waals surface area (Å²) in [6.07, 6.45) is 4.81. The number of nitrogens with zero attached hydrogens (tertiary/aromatic N) is 2. The summed E-state index contributed by atoms with van der Waals surface area (Å²) in [5.41, 5.74) is 2.02. The van der Waals surface area contributed by atoms with E-state index in [9.17, 15) is 14.7 Å². The molecular formula is C16H20N2O4. The maximum absolute atomic E-state index is 12.6. The Morgan fingerprint density at radius 2 is 2.05 bits per heavy atom. The first-order chi connectivity index (χ1) is 10.6. The van der Waals surface area contributed by atoms with Crippen LogP contribution in [0.25, 0.3) is 5.57 Å². The Labute approximate surface area is 128 Å². The van der Waals surface area contributed by atoms with Gasteiger partial charge in [-0.15, -0.1) is 0 Å². The minimum Gasteiger partial charge on any atom is -0.502 e. The Hall–Kier alpha value is -2.11. The van der Waals surface area contributed by atoms with Gasteiger partial charge in [0, 0.05) is 17.7 Å². The molecule has 1 aliphatic heterocycles. The molecule has 1 aromatic heterocycles. The van der Waals surface area contributed by atoms with E-state index in [0.29, 0.717) is 30.8 Å². The van der Waals surface area contributed by atoms with Gasteiger partial charge in [0.1, 0.15) is 5.82 Å². The first-order valence-electron chi connectivity index (χ1n) is 7.85. The van der Waals surface area contributed by atoms with Gasteiger partial charge < -0.3 is 9.84 Å². The van der Waals surface area contributed by atoms with E-state index < -0.39 is 11.7 Å². The number of aromatic nitrogens is 2. The molecule has 1 aromatic rings. The molecule has 0 amide bonds. The number of hydrogen-bond acceptors (Lipinski definition) is 5. The lowest BCUT2D eigenvalue weighted by atomic mass is 9.95. The number of aliphatic hydroxyl groups is 1. The van der Waals surface area contributed by atoms with Crippen LogP contribution in [0.15, 0.2) is 10.6 Å². The summed E-state index contributed by atoms with van der Waals surface area (Å²) in [6.45, 7) is 2.46. The number of allylic oxidation sites excluding steroid dienone is 1. The SMILES string of the molecule is CCOC(=O)/C(O)=C1\CCCn2c1nc1c(c2=O)CCCC1. The Morgan fingerprint density at radius 1 is 1.27 bits per heavy atom. The van der Waals surface area contributed by atoms with Crippen LogP contribution in [0.2, 0.25) is 0 Å². The van der Waals surface area contributed by atoms with Gasteiger partial charge in [-0.3, -0.25) is 9.36 Å². The number of aryl methyl sites for hydroxylation is 1. The van der Waals surface area contributed by atoms with E-state index in [1.54, 1.807) is 11.5 Å². The van der Waals surface area contributed by atoms with Crippen LogP contribution >= 0.6 is 0 Å². The molecule has 0 fully saturated rings. The van der Waals surface area contributed by atoms with Crippen molar-refractivity contribution in [2.45, 2.75) is 52.0 Å². The maximum atomic E-state index is 12.6. The van der Waals surface area contributed by atoms with Crippen LogP contribution in [0, 0.1) is 0 Å². The van der Waals surface area contributed by atoms with Crippen LogP contribution < -0.4 is 5.56 Å². The van der Waals surface area contributed by atoms with Crippen LogP contribution in [-0.4, -0.2) is 27.2 Å².